The van der Waals surface area contributed by atoms with Gasteiger partial charge in [0.1, 0.15) is 5.82 Å². The van der Waals surface area contributed by atoms with Crippen LogP contribution in [-0.2, 0) is 0 Å². The first-order valence-electron chi connectivity index (χ1n) is 5.22. The molecule has 86 valence electrons. The quantitative estimate of drug-likeness (QED) is 0.857. The van der Waals surface area contributed by atoms with Crippen molar-refractivity contribution in [3.63, 3.8) is 0 Å². The van der Waals surface area contributed by atoms with Gasteiger partial charge >= 0.3 is 5.97 Å². The molecule has 0 amide bonds. The van der Waals surface area contributed by atoms with Crippen LogP contribution >= 0.6 is 0 Å². The third-order valence-corrected chi connectivity index (χ3v) is 2.37. The first-order valence-corrected chi connectivity index (χ1v) is 5.22. The topological polar surface area (TPSA) is 63.1 Å². The van der Waals surface area contributed by atoms with Gasteiger partial charge in [-0.1, -0.05) is 12.1 Å². The molecule has 0 radical (unpaired) electrons. The van der Waals surface area contributed by atoms with Crippen molar-refractivity contribution in [1.82, 2.24) is 9.97 Å². The second-order valence-corrected chi connectivity index (χ2v) is 3.83. The summed E-state index contributed by atoms with van der Waals surface area (Å²) in [5, 5.41) is 8.93. The summed E-state index contributed by atoms with van der Waals surface area (Å²) < 4.78 is 0. The fourth-order valence-corrected chi connectivity index (χ4v) is 1.68. The molecule has 1 heterocycles. The van der Waals surface area contributed by atoms with Crippen molar-refractivity contribution in [3.8, 4) is 11.3 Å². The zero-order valence-electron chi connectivity index (χ0n) is 9.64. The van der Waals surface area contributed by atoms with Gasteiger partial charge in [0, 0.05) is 11.3 Å². The van der Waals surface area contributed by atoms with Gasteiger partial charge in [-0.15, -0.1) is 0 Å². The molecule has 0 aliphatic rings. The monoisotopic (exact) mass is 228 g/mol. The second-order valence-electron chi connectivity index (χ2n) is 3.83. The summed E-state index contributed by atoms with van der Waals surface area (Å²) >= 11 is 0. The molecule has 2 aromatic rings. The van der Waals surface area contributed by atoms with Crippen LogP contribution in [0.3, 0.4) is 0 Å². The maximum Gasteiger partial charge on any atom is 0.335 e. The molecular weight excluding hydrogens is 216 g/mol. The Hall–Kier alpha value is -2.23. The smallest absolute Gasteiger partial charge is 0.335 e. The number of carboxylic acid groups (broad SMARTS) is 1. The number of benzene rings is 1. The van der Waals surface area contributed by atoms with Crippen molar-refractivity contribution < 1.29 is 9.90 Å². The molecule has 0 fully saturated rings. The van der Waals surface area contributed by atoms with Gasteiger partial charge in [-0.25, -0.2) is 14.8 Å². The molecule has 0 atom stereocenters. The van der Waals surface area contributed by atoms with Gasteiger partial charge in [0.05, 0.1) is 11.3 Å². The molecule has 1 N–H and O–H groups in total. The minimum atomic E-state index is -0.936. The van der Waals surface area contributed by atoms with Gasteiger partial charge in [0.15, 0.2) is 0 Å². The molecule has 4 nitrogen and oxygen atoms in total. The molecular formula is C13H12N2O2. The van der Waals surface area contributed by atoms with Gasteiger partial charge in [0.2, 0.25) is 0 Å². The van der Waals surface area contributed by atoms with Crippen molar-refractivity contribution in [2.24, 2.45) is 0 Å². The van der Waals surface area contributed by atoms with Crippen LogP contribution in [0.1, 0.15) is 21.9 Å². The number of nitrogens with zero attached hydrogens (tertiary/aromatic N) is 2. The van der Waals surface area contributed by atoms with E-state index in [4.69, 9.17) is 5.11 Å². The second kappa shape index (κ2) is 4.33. The lowest BCUT2D eigenvalue weighted by Gasteiger charge is -2.04. The summed E-state index contributed by atoms with van der Waals surface area (Å²) in [6, 6.07) is 8.57. The molecule has 1 aromatic heterocycles. The lowest BCUT2D eigenvalue weighted by molar-refractivity contribution is 0.0697. The van der Waals surface area contributed by atoms with Crippen LogP contribution in [0.5, 0.6) is 0 Å². The number of aromatic carboxylic acids is 1. The van der Waals surface area contributed by atoms with Gasteiger partial charge in [0.25, 0.3) is 0 Å². The molecule has 0 saturated carbocycles. The summed E-state index contributed by atoms with van der Waals surface area (Å²) in [7, 11) is 0. The highest BCUT2D eigenvalue weighted by atomic mass is 16.4. The van der Waals surface area contributed by atoms with Gasteiger partial charge in [-0.2, -0.15) is 0 Å². The highest BCUT2D eigenvalue weighted by molar-refractivity contribution is 5.89. The predicted molar refractivity (Wildman–Crippen MR) is 63.9 cm³/mol. The zero-order valence-corrected chi connectivity index (χ0v) is 9.64. The highest BCUT2D eigenvalue weighted by Crippen LogP contribution is 2.19. The Labute approximate surface area is 99.0 Å². The number of carbonyl (C=O) groups is 1. The van der Waals surface area contributed by atoms with E-state index in [1.807, 2.05) is 26.0 Å². The number of aryl methyl sites for hydroxylation is 2. The van der Waals surface area contributed by atoms with E-state index in [0.717, 1.165) is 17.0 Å². The van der Waals surface area contributed by atoms with E-state index in [1.54, 1.807) is 18.2 Å². The Bertz CT molecular complexity index is 559. The predicted octanol–water partition coefficient (Wildman–Crippen LogP) is 2.46. The van der Waals surface area contributed by atoms with E-state index >= 15 is 0 Å². The minimum absolute atomic E-state index is 0.261. The molecule has 2 rings (SSSR count). The first kappa shape index (κ1) is 11.3. The average molecular weight is 228 g/mol. The summed E-state index contributed by atoms with van der Waals surface area (Å²) in [4.78, 5) is 19.4. The van der Waals surface area contributed by atoms with Crippen molar-refractivity contribution >= 4 is 5.97 Å². The Morgan fingerprint density at radius 1 is 1.18 bits per heavy atom. The molecule has 0 unspecified atom stereocenters. The standard InChI is InChI=1S/C13H12N2O2/c1-8-6-12(15-9(2)14-8)10-4-3-5-11(7-10)13(16)17/h3-7H,1-2H3,(H,16,17). The van der Waals surface area contributed by atoms with Crippen molar-refractivity contribution in [2.75, 3.05) is 0 Å². The van der Waals surface area contributed by atoms with E-state index in [9.17, 15) is 4.79 Å². The maximum atomic E-state index is 10.9. The Morgan fingerprint density at radius 3 is 2.59 bits per heavy atom. The molecule has 0 aliphatic carbocycles. The number of rotatable bonds is 2. The molecule has 4 heteroatoms. The van der Waals surface area contributed by atoms with Crippen molar-refractivity contribution in [3.05, 3.63) is 47.4 Å². The summed E-state index contributed by atoms with van der Waals surface area (Å²) in [6.07, 6.45) is 0. The van der Waals surface area contributed by atoms with Crippen LogP contribution in [0.25, 0.3) is 11.3 Å². The van der Waals surface area contributed by atoms with Crippen molar-refractivity contribution in [1.29, 1.82) is 0 Å². The summed E-state index contributed by atoms with van der Waals surface area (Å²) in [6.45, 7) is 3.71. The van der Waals surface area contributed by atoms with Crippen LogP contribution in [0, 0.1) is 13.8 Å². The maximum absolute atomic E-state index is 10.9. The lowest BCUT2D eigenvalue weighted by Crippen LogP contribution is -1.98. The Balaban J connectivity index is 2.52. The van der Waals surface area contributed by atoms with Crippen molar-refractivity contribution in [2.45, 2.75) is 13.8 Å². The third kappa shape index (κ3) is 2.47. The van der Waals surface area contributed by atoms with Crippen LogP contribution < -0.4 is 0 Å². The first-order chi connectivity index (χ1) is 8.06. The molecule has 0 aliphatic heterocycles. The fourth-order valence-electron chi connectivity index (χ4n) is 1.68. The van der Waals surface area contributed by atoms with E-state index in [1.165, 1.54) is 0 Å². The van der Waals surface area contributed by atoms with E-state index < -0.39 is 5.97 Å². The number of hydrogen-bond donors (Lipinski definition) is 1. The van der Waals surface area contributed by atoms with Gasteiger partial charge in [-0.3, -0.25) is 0 Å². The highest BCUT2D eigenvalue weighted by Gasteiger charge is 2.06. The Kier molecular flexibility index (Phi) is 2.87. The van der Waals surface area contributed by atoms with Gasteiger partial charge < -0.3 is 5.11 Å². The molecule has 0 bridgehead atoms. The number of aromatic nitrogens is 2. The summed E-state index contributed by atoms with van der Waals surface area (Å²) in [5.41, 5.74) is 2.67. The van der Waals surface area contributed by atoms with E-state index in [2.05, 4.69) is 9.97 Å². The minimum Gasteiger partial charge on any atom is -0.478 e. The van der Waals surface area contributed by atoms with Crippen LogP contribution in [0.15, 0.2) is 30.3 Å². The largest absolute Gasteiger partial charge is 0.478 e. The third-order valence-electron chi connectivity index (χ3n) is 2.37. The lowest BCUT2D eigenvalue weighted by atomic mass is 10.1. The zero-order chi connectivity index (χ0) is 12.4. The van der Waals surface area contributed by atoms with Crippen LogP contribution in [-0.4, -0.2) is 21.0 Å². The molecule has 0 spiro atoms. The normalized spacial score (nSPS) is 10.2. The average Bonchev–Trinajstić information content (AvgIpc) is 2.28. The SMILES string of the molecule is Cc1cc(-c2cccc(C(=O)O)c2)nc(C)n1. The Morgan fingerprint density at radius 2 is 1.94 bits per heavy atom. The number of carboxylic acids is 1. The molecule has 1 aromatic carbocycles. The van der Waals surface area contributed by atoms with Crippen LogP contribution in [0.2, 0.25) is 0 Å². The number of hydrogen-bond acceptors (Lipinski definition) is 3. The van der Waals surface area contributed by atoms with E-state index in [0.29, 0.717) is 5.82 Å². The van der Waals surface area contributed by atoms with Crippen LogP contribution in [0.4, 0.5) is 0 Å². The van der Waals surface area contributed by atoms with E-state index in [-0.39, 0.29) is 5.56 Å². The molecule has 0 saturated heterocycles. The van der Waals surface area contributed by atoms with Gasteiger partial charge in [-0.05, 0) is 32.0 Å². The summed E-state index contributed by atoms with van der Waals surface area (Å²) in [5.74, 6) is -0.255. The fraction of sp³-hybridized carbons (Fsp3) is 0.154. The molecule has 17 heavy (non-hydrogen) atoms.